The second kappa shape index (κ2) is 7.51. The van der Waals surface area contributed by atoms with Crippen molar-refractivity contribution < 1.29 is 23.9 Å². The van der Waals surface area contributed by atoms with Crippen molar-refractivity contribution in [2.75, 3.05) is 13.2 Å². The molecule has 1 saturated carbocycles. The topological polar surface area (TPSA) is 111 Å². The molecule has 1 aliphatic heterocycles. The summed E-state index contributed by atoms with van der Waals surface area (Å²) in [5.74, 6) is -1.02. The van der Waals surface area contributed by atoms with Crippen LogP contribution in [-0.2, 0) is 14.4 Å². The number of benzene rings is 1. The molecule has 0 radical (unpaired) electrons. The van der Waals surface area contributed by atoms with Crippen molar-refractivity contribution in [2.24, 2.45) is 34.5 Å². The quantitative estimate of drug-likeness (QED) is 0.412. The normalized spacial score (nSPS) is 27.2. The van der Waals surface area contributed by atoms with Crippen LogP contribution in [-0.4, -0.2) is 42.2 Å². The highest BCUT2D eigenvalue weighted by atomic mass is 35.5. The molecule has 0 spiro atoms. The van der Waals surface area contributed by atoms with Gasteiger partial charge in [-0.3, -0.25) is 14.4 Å². The van der Waals surface area contributed by atoms with Crippen LogP contribution in [0.25, 0.3) is 0 Å². The number of hydrogen-bond acceptors (Lipinski definition) is 6. The third-order valence-corrected chi connectivity index (χ3v) is 5.74. The summed E-state index contributed by atoms with van der Waals surface area (Å²) in [6.07, 6.45) is 6.31. The van der Waals surface area contributed by atoms with Crippen molar-refractivity contribution in [2.45, 2.75) is 13.3 Å². The highest BCUT2D eigenvalue weighted by Gasteiger charge is 2.59. The average Bonchev–Trinajstić information content (AvgIpc) is 3.34. The number of fused-ring (bicyclic) bond motifs is 5. The van der Waals surface area contributed by atoms with E-state index in [1.165, 1.54) is 6.21 Å². The first kappa shape index (κ1) is 19.4. The van der Waals surface area contributed by atoms with Gasteiger partial charge in [-0.1, -0.05) is 23.8 Å². The second-order valence-electron chi connectivity index (χ2n) is 7.25. The number of halogens is 1. The van der Waals surface area contributed by atoms with E-state index in [1.54, 1.807) is 19.1 Å². The van der Waals surface area contributed by atoms with Gasteiger partial charge in [-0.15, -0.1) is 0 Å². The Balaban J connectivity index is 1.56. The number of allylic oxidation sites excluding steroid dienone is 2. The standard InChI is InChI=1S/C20H20ClN3O5/c1-2-28-14-6-10(5-13(21)18(14)29-9-15(22)25)8-23-24-19(26)16-11-3-4-12(7-11)17(16)20(24)27/h3-6,8,11-12,16-17H,2,7,9H2,1H3,(H2,22,25)/t11-,12-,16-,17+/m0/s1. The lowest BCUT2D eigenvalue weighted by Crippen LogP contribution is -2.28. The van der Waals surface area contributed by atoms with Crippen LogP contribution in [0.2, 0.25) is 5.02 Å². The molecule has 3 amide bonds. The van der Waals surface area contributed by atoms with E-state index in [-0.39, 0.29) is 52.9 Å². The SMILES string of the molecule is CCOc1cc(C=NN2C(=O)[C@@H]3[C@H](C2=O)[C@H]2C=C[C@H]3C2)cc(Cl)c1OCC(N)=O. The Morgan fingerprint density at radius 2 is 1.90 bits per heavy atom. The van der Waals surface area contributed by atoms with E-state index in [9.17, 15) is 14.4 Å². The number of nitrogens with zero attached hydrogens (tertiary/aromatic N) is 2. The fraction of sp³-hybridized carbons (Fsp3) is 0.400. The molecule has 2 aliphatic carbocycles. The first-order chi connectivity index (χ1) is 13.9. The zero-order valence-corrected chi connectivity index (χ0v) is 16.5. The zero-order chi connectivity index (χ0) is 20.7. The van der Waals surface area contributed by atoms with Gasteiger partial charge in [-0.2, -0.15) is 10.1 Å². The van der Waals surface area contributed by atoms with Crippen LogP contribution in [0.3, 0.4) is 0 Å². The summed E-state index contributed by atoms with van der Waals surface area (Å²) in [6.45, 7) is 1.78. The van der Waals surface area contributed by atoms with Crippen LogP contribution in [0.1, 0.15) is 18.9 Å². The third kappa shape index (κ3) is 3.37. The molecule has 2 N–H and O–H groups in total. The van der Waals surface area contributed by atoms with Gasteiger partial charge in [0.25, 0.3) is 17.7 Å². The van der Waals surface area contributed by atoms with Crippen LogP contribution in [0, 0.1) is 23.7 Å². The summed E-state index contributed by atoms with van der Waals surface area (Å²) >= 11 is 6.26. The maximum absolute atomic E-state index is 12.7. The second-order valence-corrected chi connectivity index (χ2v) is 7.66. The predicted octanol–water partition coefficient (Wildman–Crippen LogP) is 1.74. The number of rotatable bonds is 7. The van der Waals surface area contributed by atoms with Crippen molar-refractivity contribution in [3.8, 4) is 11.5 Å². The van der Waals surface area contributed by atoms with Crippen LogP contribution < -0.4 is 15.2 Å². The van der Waals surface area contributed by atoms with E-state index in [1.807, 2.05) is 12.2 Å². The number of carbonyl (C=O) groups excluding carboxylic acids is 3. The molecule has 29 heavy (non-hydrogen) atoms. The Morgan fingerprint density at radius 1 is 1.24 bits per heavy atom. The lowest BCUT2D eigenvalue weighted by Gasteiger charge is -2.14. The molecule has 9 heteroatoms. The molecule has 3 aliphatic rings. The van der Waals surface area contributed by atoms with Gasteiger partial charge in [0.15, 0.2) is 18.1 Å². The van der Waals surface area contributed by atoms with Gasteiger partial charge in [0.1, 0.15) is 0 Å². The van der Waals surface area contributed by atoms with E-state index < -0.39 is 5.91 Å². The predicted molar refractivity (Wildman–Crippen MR) is 104 cm³/mol. The number of imide groups is 1. The summed E-state index contributed by atoms with van der Waals surface area (Å²) in [5.41, 5.74) is 5.62. The summed E-state index contributed by atoms with van der Waals surface area (Å²) in [5, 5.41) is 5.29. The van der Waals surface area contributed by atoms with Gasteiger partial charge in [0.2, 0.25) is 0 Å². The molecule has 2 bridgehead atoms. The van der Waals surface area contributed by atoms with Crippen molar-refractivity contribution in [1.82, 2.24) is 5.01 Å². The maximum atomic E-state index is 12.7. The van der Waals surface area contributed by atoms with Gasteiger partial charge in [0, 0.05) is 0 Å². The molecule has 0 aromatic heterocycles. The summed E-state index contributed by atoms with van der Waals surface area (Å²) in [6, 6.07) is 3.15. The Morgan fingerprint density at radius 3 is 2.48 bits per heavy atom. The molecule has 2 fully saturated rings. The monoisotopic (exact) mass is 417 g/mol. The number of hydrogen-bond donors (Lipinski definition) is 1. The minimum Gasteiger partial charge on any atom is -0.490 e. The molecule has 0 unspecified atom stereocenters. The largest absolute Gasteiger partial charge is 0.490 e. The zero-order valence-electron chi connectivity index (χ0n) is 15.7. The molecule has 4 atom stereocenters. The van der Waals surface area contributed by atoms with Gasteiger partial charge in [-0.05, 0) is 42.9 Å². The number of ether oxygens (including phenoxy) is 2. The number of nitrogens with two attached hydrogens (primary N) is 1. The Kier molecular flexibility index (Phi) is 5.04. The highest BCUT2D eigenvalue weighted by molar-refractivity contribution is 6.32. The number of hydrazone groups is 1. The first-order valence-electron chi connectivity index (χ1n) is 9.38. The van der Waals surface area contributed by atoms with E-state index in [2.05, 4.69) is 5.10 Å². The average molecular weight is 418 g/mol. The summed E-state index contributed by atoms with van der Waals surface area (Å²) < 4.78 is 10.9. The molecule has 1 saturated heterocycles. The van der Waals surface area contributed by atoms with Gasteiger partial charge >= 0.3 is 0 Å². The Hall–Kier alpha value is -2.87. The summed E-state index contributed by atoms with van der Waals surface area (Å²) in [4.78, 5) is 36.4. The van der Waals surface area contributed by atoms with Crippen LogP contribution in [0.5, 0.6) is 11.5 Å². The van der Waals surface area contributed by atoms with Gasteiger partial charge in [-0.25, -0.2) is 0 Å². The smallest absolute Gasteiger partial charge is 0.255 e. The van der Waals surface area contributed by atoms with Crippen LogP contribution in [0.4, 0.5) is 0 Å². The minimum atomic E-state index is -0.644. The van der Waals surface area contributed by atoms with E-state index in [0.29, 0.717) is 17.9 Å². The van der Waals surface area contributed by atoms with Crippen molar-refractivity contribution >= 4 is 35.5 Å². The van der Waals surface area contributed by atoms with Crippen LogP contribution >= 0.6 is 11.6 Å². The molecule has 152 valence electrons. The highest BCUT2D eigenvalue weighted by Crippen LogP contribution is 2.52. The maximum Gasteiger partial charge on any atom is 0.255 e. The molecule has 1 heterocycles. The molecule has 1 aromatic carbocycles. The Bertz CT molecular complexity index is 914. The van der Waals surface area contributed by atoms with Gasteiger partial charge in [0.05, 0.1) is 29.7 Å². The molecular formula is C20H20ClN3O5. The fourth-order valence-electron chi connectivity index (χ4n) is 4.33. The summed E-state index contributed by atoms with van der Waals surface area (Å²) in [7, 11) is 0. The first-order valence-corrected chi connectivity index (χ1v) is 9.76. The van der Waals surface area contributed by atoms with Crippen molar-refractivity contribution in [1.29, 1.82) is 0 Å². The number of primary amides is 1. The lowest BCUT2D eigenvalue weighted by molar-refractivity contribution is -0.140. The van der Waals surface area contributed by atoms with Gasteiger partial charge < -0.3 is 15.2 Å². The molecule has 1 aromatic rings. The number of amides is 3. The van der Waals surface area contributed by atoms with Crippen LogP contribution in [0.15, 0.2) is 29.4 Å². The molecule has 4 rings (SSSR count). The van der Waals surface area contributed by atoms with Crippen molar-refractivity contribution in [3.05, 3.63) is 34.9 Å². The number of carbonyl (C=O) groups is 3. The van der Waals surface area contributed by atoms with E-state index >= 15 is 0 Å². The lowest BCUT2D eigenvalue weighted by atomic mass is 9.85. The van der Waals surface area contributed by atoms with E-state index in [4.69, 9.17) is 26.8 Å². The Labute approximate surface area is 172 Å². The van der Waals surface area contributed by atoms with E-state index in [0.717, 1.165) is 11.4 Å². The molecular weight excluding hydrogens is 398 g/mol. The fourth-order valence-corrected chi connectivity index (χ4v) is 4.61. The third-order valence-electron chi connectivity index (χ3n) is 5.46. The van der Waals surface area contributed by atoms with Crippen molar-refractivity contribution in [3.63, 3.8) is 0 Å². The molecule has 8 nitrogen and oxygen atoms in total. The minimum absolute atomic E-state index is 0.127.